The monoisotopic (exact) mass is 499 g/mol. The molecule has 186 valence electrons. The van der Waals surface area contributed by atoms with Gasteiger partial charge in [0.1, 0.15) is 6.54 Å². The highest BCUT2D eigenvalue weighted by Crippen LogP contribution is 2.34. The number of rotatable bonds is 8. The molecule has 0 bridgehead atoms. The Bertz CT molecular complexity index is 1120. The number of aromatic nitrogens is 2. The number of halogens is 1. The van der Waals surface area contributed by atoms with Crippen LogP contribution in [-0.2, 0) is 16.1 Å². The normalized spacial score (nSPS) is 19.9. The molecule has 2 amide bonds. The molecule has 0 radical (unpaired) electrons. The number of aliphatic hydroxyl groups excluding tert-OH is 1. The Hall–Kier alpha value is -2.75. The van der Waals surface area contributed by atoms with Crippen LogP contribution in [0.15, 0.2) is 24.4 Å². The summed E-state index contributed by atoms with van der Waals surface area (Å²) in [6.07, 6.45) is 4.72. The molecular weight excluding hydrogens is 470 g/mol. The summed E-state index contributed by atoms with van der Waals surface area (Å²) >= 11 is 6.42. The standard InChI is InChI=1S/C25H30ClN5O4/c1-14(32)22(15-2-3-15)29-21(33)13-31-12-17-5-4-16(10-19(17)24(31)34)23-20(26)11-27-25(30-23)28-18-6-8-35-9-7-18/h4-5,10-11,14-15,18,22,32H,2-3,6-9,12-13H2,1H3,(H,29,33)(H,27,28,30). The Morgan fingerprint density at radius 3 is 2.77 bits per heavy atom. The Morgan fingerprint density at radius 1 is 1.29 bits per heavy atom. The number of carbonyl (C=O) groups excluding carboxylic acids is 2. The summed E-state index contributed by atoms with van der Waals surface area (Å²) in [5.74, 6) is 0.343. The largest absolute Gasteiger partial charge is 0.391 e. The highest BCUT2D eigenvalue weighted by Gasteiger charge is 2.36. The minimum absolute atomic E-state index is 0.0494. The van der Waals surface area contributed by atoms with Gasteiger partial charge in [0, 0.05) is 36.9 Å². The van der Waals surface area contributed by atoms with E-state index in [-0.39, 0.29) is 30.4 Å². The maximum atomic E-state index is 13.1. The molecule has 2 atom stereocenters. The number of amides is 2. The average Bonchev–Trinajstić information content (AvgIpc) is 3.64. The molecule has 3 heterocycles. The molecule has 9 nitrogen and oxygen atoms in total. The predicted octanol–water partition coefficient (Wildman–Crippen LogP) is 2.62. The molecule has 1 saturated heterocycles. The number of nitrogens with zero attached hydrogens (tertiary/aromatic N) is 3. The number of hydrogen-bond donors (Lipinski definition) is 3. The van der Waals surface area contributed by atoms with Crippen LogP contribution in [0, 0.1) is 5.92 Å². The van der Waals surface area contributed by atoms with Gasteiger partial charge in [-0.3, -0.25) is 9.59 Å². The number of nitrogens with one attached hydrogen (secondary N) is 2. The fourth-order valence-corrected chi connectivity index (χ4v) is 4.99. The van der Waals surface area contributed by atoms with E-state index in [0.717, 1.165) is 31.2 Å². The summed E-state index contributed by atoms with van der Waals surface area (Å²) in [7, 11) is 0. The molecule has 2 aromatic rings. The van der Waals surface area contributed by atoms with E-state index in [1.54, 1.807) is 19.2 Å². The van der Waals surface area contributed by atoms with Crippen LogP contribution in [0.3, 0.4) is 0 Å². The van der Waals surface area contributed by atoms with Crippen LogP contribution in [0.25, 0.3) is 11.3 Å². The lowest BCUT2D eigenvalue weighted by molar-refractivity contribution is -0.123. The van der Waals surface area contributed by atoms with Crippen molar-refractivity contribution >= 4 is 29.4 Å². The molecule has 1 saturated carbocycles. The molecule has 35 heavy (non-hydrogen) atoms. The van der Waals surface area contributed by atoms with E-state index in [1.165, 1.54) is 4.90 Å². The van der Waals surface area contributed by atoms with Crippen LogP contribution >= 0.6 is 11.6 Å². The highest BCUT2D eigenvalue weighted by atomic mass is 35.5. The highest BCUT2D eigenvalue weighted by molar-refractivity contribution is 6.33. The molecule has 0 spiro atoms. The molecule has 5 rings (SSSR count). The first-order valence-electron chi connectivity index (χ1n) is 12.2. The Morgan fingerprint density at radius 2 is 2.06 bits per heavy atom. The second kappa shape index (κ2) is 10.1. The molecule has 10 heteroatoms. The van der Waals surface area contributed by atoms with Crippen LogP contribution in [0.5, 0.6) is 0 Å². The van der Waals surface area contributed by atoms with Gasteiger partial charge in [0.25, 0.3) is 5.91 Å². The molecule has 2 unspecified atom stereocenters. The zero-order valence-corrected chi connectivity index (χ0v) is 20.4. The van der Waals surface area contributed by atoms with Gasteiger partial charge in [-0.25, -0.2) is 9.97 Å². The van der Waals surface area contributed by atoms with Crippen LogP contribution < -0.4 is 10.6 Å². The van der Waals surface area contributed by atoms with E-state index >= 15 is 0 Å². The fourth-order valence-electron chi connectivity index (χ4n) is 4.79. The van der Waals surface area contributed by atoms with E-state index in [1.807, 2.05) is 12.1 Å². The zero-order valence-electron chi connectivity index (χ0n) is 19.7. The van der Waals surface area contributed by atoms with Crippen molar-refractivity contribution in [3.05, 3.63) is 40.5 Å². The molecule has 3 aliphatic rings. The first-order chi connectivity index (χ1) is 16.9. The summed E-state index contributed by atoms with van der Waals surface area (Å²) in [5, 5.41) is 16.6. The molecule has 2 fully saturated rings. The second-order valence-corrected chi connectivity index (χ2v) is 10.0. The lowest BCUT2D eigenvalue weighted by Crippen LogP contribution is -2.47. The molecule has 1 aromatic heterocycles. The summed E-state index contributed by atoms with van der Waals surface area (Å²) < 4.78 is 5.40. The summed E-state index contributed by atoms with van der Waals surface area (Å²) in [4.78, 5) is 36.2. The van der Waals surface area contributed by atoms with E-state index in [4.69, 9.17) is 16.3 Å². The fraction of sp³-hybridized carbons (Fsp3) is 0.520. The summed E-state index contributed by atoms with van der Waals surface area (Å²) in [5.41, 5.74) is 2.66. The third-order valence-electron chi connectivity index (χ3n) is 6.87. The van der Waals surface area contributed by atoms with Crippen LogP contribution in [-0.4, -0.2) is 69.7 Å². The molecule has 3 N–H and O–H groups in total. The number of anilines is 1. The number of benzene rings is 1. The summed E-state index contributed by atoms with van der Waals surface area (Å²) in [6, 6.07) is 5.53. The van der Waals surface area contributed by atoms with Crippen molar-refractivity contribution < 1.29 is 19.4 Å². The lowest BCUT2D eigenvalue weighted by atomic mass is 10.0. The number of carbonyl (C=O) groups is 2. The molecule has 1 aromatic carbocycles. The summed E-state index contributed by atoms with van der Waals surface area (Å²) in [6.45, 7) is 3.41. The van der Waals surface area contributed by atoms with E-state index < -0.39 is 6.10 Å². The Labute approximate surface area is 209 Å². The van der Waals surface area contributed by atoms with E-state index in [2.05, 4.69) is 20.6 Å². The van der Waals surface area contributed by atoms with Gasteiger partial charge in [0.05, 0.1) is 29.1 Å². The van der Waals surface area contributed by atoms with Crippen molar-refractivity contribution in [3.8, 4) is 11.3 Å². The topological polar surface area (TPSA) is 117 Å². The van der Waals surface area contributed by atoms with Crippen molar-refractivity contribution in [2.24, 2.45) is 5.92 Å². The average molecular weight is 500 g/mol. The number of hydrogen-bond acceptors (Lipinski definition) is 7. The number of aliphatic hydroxyl groups is 1. The van der Waals surface area contributed by atoms with Crippen molar-refractivity contribution in [1.82, 2.24) is 20.2 Å². The SMILES string of the molecule is CC(O)C(NC(=O)CN1Cc2ccc(-c3nc(NC4CCOCC4)ncc3Cl)cc2C1=O)C1CC1. The molecular formula is C25H30ClN5O4. The minimum Gasteiger partial charge on any atom is -0.391 e. The van der Waals surface area contributed by atoms with Gasteiger partial charge in [0.15, 0.2) is 0 Å². The maximum Gasteiger partial charge on any atom is 0.254 e. The zero-order chi connectivity index (χ0) is 24.5. The van der Waals surface area contributed by atoms with Crippen molar-refractivity contribution in [2.45, 2.75) is 57.3 Å². The molecule has 1 aliphatic carbocycles. The Kier molecular flexibility index (Phi) is 6.91. The van der Waals surface area contributed by atoms with Gasteiger partial charge in [-0.1, -0.05) is 23.7 Å². The number of fused-ring (bicyclic) bond motifs is 1. The number of ether oxygens (including phenoxy) is 1. The van der Waals surface area contributed by atoms with Crippen LogP contribution in [0.4, 0.5) is 5.95 Å². The Balaban J connectivity index is 1.28. The lowest BCUT2D eigenvalue weighted by Gasteiger charge is -2.23. The van der Waals surface area contributed by atoms with Crippen molar-refractivity contribution in [3.63, 3.8) is 0 Å². The van der Waals surface area contributed by atoms with Gasteiger partial charge in [0.2, 0.25) is 11.9 Å². The van der Waals surface area contributed by atoms with Gasteiger partial charge >= 0.3 is 0 Å². The second-order valence-electron chi connectivity index (χ2n) is 9.63. The third kappa shape index (κ3) is 5.42. The van der Waals surface area contributed by atoms with Gasteiger partial charge in [-0.2, -0.15) is 0 Å². The minimum atomic E-state index is -0.621. The van der Waals surface area contributed by atoms with Crippen molar-refractivity contribution in [2.75, 3.05) is 25.1 Å². The quantitative estimate of drug-likeness (QED) is 0.511. The first-order valence-corrected chi connectivity index (χ1v) is 12.5. The van der Waals surface area contributed by atoms with E-state index in [9.17, 15) is 14.7 Å². The van der Waals surface area contributed by atoms with Gasteiger partial charge in [-0.15, -0.1) is 0 Å². The predicted molar refractivity (Wildman–Crippen MR) is 131 cm³/mol. The van der Waals surface area contributed by atoms with Crippen molar-refractivity contribution in [1.29, 1.82) is 0 Å². The van der Waals surface area contributed by atoms with E-state index in [0.29, 0.717) is 53.5 Å². The first kappa shape index (κ1) is 24.0. The third-order valence-corrected chi connectivity index (χ3v) is 7.15. The maximum absolute atomic E-state index is 13.1. The van der Waals surface area contributed by atoms with Gasteiger partial charge < -0.3 is 25.4 Å². The molecule has 2 aliphatic heterocycles. The van der Waals surface area contributed by atoms with Crippen LogP contribution in [0.2, 0.25) is 5.02 Å². The van der Waals surface area contributed by atoms with Gasteiger partial charge in [-0.05, 0) is 50.2 Å². The van der Waals surface area contributed by atoms with Crippen LogP contribution in [0.1, 0.15) is 48.5 Å². The smallest absolute Gasteiger partial charge is 0.254 e.